The quantitative estimate of drug-likeness (QED) is 0.895. The standard InChI is InChI=1S/C15H19N5O/c1-2-20-10-18-19-13(20)9-17-15(21)12-7-3-5-11-6-4-8-16-14(11)12/h3,5,7,10,16H,2,4,6,8-9H2,1H3,(H,17,21). The fraction of sp³-hybridized carbons (Fsp3) is 0.400. The molecule has 0 saturated carbocycles. The third kappa shape index (κ3) is 2.74. The Bertz CT molecular complexity index is 649. The zero-order chi connectivity index (χ0) is 14.7. The largest absolute Gasteiger partial charge is 0.384 e. The second-order valence-corrected chi connectivity index (χ2v) is 5.09. The number of hydrogen-bond acceptors (Lipinski definition) is 4. The maximum atomic E-state index is 12.4. The fourth-order valence-electron chi connectivity index (χ4n) is 2.63. The van der Waals surface area contributed by atoms with Crippen molar-refractivity contribution in [3.8, 4) is 0 Å². The van der Waals surface area contributed by atoms with Gasteiger partial charge in [0.25, 0.3) is 5.91 Å². The van der Waals surface area contributed by atoms with Crippen molar-refractivity contribution in [2.45, 2.75) is 32.9 Å². The van der Waals surface area contributed by atoms with Crippen molar-refractivity contribution in [1.29, 1.82) is 0 Å². The Morgan fingerprint density at radius 2 is 2.38 bits per heavy atom. The predicted molar refractivity (Wildman–Crippen MR) is 80.1 cm³/mol. The van der Waals surface area contributed by atoms with Crippen LogP contribution in [0.4, 0.5) is 5.69 Å². The average molecular weight is 285 g/mol. The molecule has 1 aromatic carbocycles. The first-order valence-electron chi connectivity index (χ1n) is 7.30. The number of hydrogen-bond donors (Lipinski definition) is 2. The molecule has 21 heavy (non-hydrogen) atoms. The molecule has 0 radical (unpaired) electrons. The maximum Gasteiger partial charge on any atom is 0.253 e. The topological polar surface area (TPSA) is 71.8 Å². The van der Waals surface area contributed by atoms with Crippen molar-refractivity contribution in [3.05, 3.63) is 41.5 Å². The summed E-state index contributed by atoms with van der Waals surface area (Å²) in [6.45, 7) is 4.12. The van der Waals surface area contributed by atoms with Gasteiger partial charge in [-0.05, 0) is 31.4 Å². The smallest absolute Gasteiger partial charge is 0.253 e. The normalized spacial score (nSPS) is 13.4. The number of nitrogens with zero attached hydrogens (tertiary/aromatic N) is 3. The van der Waals surface area contributed by atoms with Gasteiger partial charge in [0, 0.05) is 13.1 Å². The minimum Gasteiger partial charge on any atom is -0.384 e. The molecule has 0 saturated heterocycles. The van der Waals surface area contributed by atoms with E-state index in [9.17, 15) is 4.79 Å². The van der Waals surface area contributed by atoms with Crippen LogP contribution >= 0.6 is 0 Å². The van der Waals surface area contributed by atoms with Crippen LogP contribution in [0, 0.1) is 0 Å². The Kier molecular flexibility index (Phi) is 3.85. The van der Waals surface area contributed by atoms with Gasteiger partial charge in [-0.2, -0.15) is 0 Å². The van der Waals surface area contributed by atoms with Crippen molar-refractivity contribution in [2.24, 2.45) is 0 Å². The van der Waals surface area contributed by atoms with Crippen LogP contribution in [0.3, 0.4) is 0 Å². The van der Waals surface area contributed by atoms with Gasteiger partial charge < -0.3 is 15.2 Å². The van der Waals surface area contributed by atoms with Gasteiger partial charge in [0.15, 0.2) is 5.82 Å². The van der Waals surface area contributed by atoms with Gasteiger partial charge in [-0.25, -0.2) is 0 Å². The lowest BCUT2D eigenvalue weighted by Crippen LogP contribution is -2.27. The molecule has 2 aromatic rings. The van der Waals surface area contributed by atoms with Crippen molar-refractivity contribution < 1.29 is 4.79 Å². The molecular weight excluding hydrogens is 266 g/mol. The van der Waals surface area contributed by atoms with Crippen molar-refractivity contribution in [2.75, 3.05) is 11.9 Å². The van der Waals surface area contributed by atoms with Crippen molar-refractivity contribution >= 4 is 11.6 Å². The van der Waals surface area contributed by atoms with Gasteiger partial charge in [-0.3, -0.25) is 4.79 Å². The Morgan fingerprint density at radius 1 is 1.48 bits per heavy atom. The molecule has 1 aliphatic rings. The lowest BCUT2D eigenvalue weighted by Gasteiger charge is -2.20. The fourth-order valence-corrected chi connectivity index (χ4v) is 2.63. The van der Waals surface area contributed by atoms with Crippen LogP contribution < -0.4 is 10.6 Å². The van der Waals surface area contributed by atoms with Crippen LogP contribution in [0.1, 0.15) is 35.1 Å². The minimum absolute atomic E-state index is 0.0769. The van der Waals surface area contributed by atoms with Crippen LogP contribution in [0.2, 0.25) is 0 Å². The predicted octanol–water partition coefficient (Wildman–Crippen LogP) is 1.59. The van der Waals surface area contributed by atoms with Crippen LogP contribution in [0.15, 0.2) is 24.5 Å². The van der Waals surface area contributed by atoms with Crippen molar-refractivity contribution in [3.63, 3.8) is 0 Å². The van der Waals surface area contributed by atoms with E-state index in [1.165, 1.54) is 5.56 Å². The SMILES string of the molecule is CCn1cnnc1CNC(=O)c1cccc2c1NCCC2. The van der Waals surface area contributed by atoms with Crippen LogP contribution in [-0.2, 0) is 19.5 Å². The summed E-state index contributed by atoms with van der Waals surface area (Å²) in [5.74, 6) is 0.690. The summed E-state index contributed by atoms with van der Waals surface area (Å²) < 4.78 is 1.92. The van der Waals surface area contributed by atoms with E-state index >= 15 is 0 Å². The highest BCUT2D eigenvalue weighted by Crippen LogP contribution is 2.25. The van der Waals surface area contributed by atoms with E-state index in [-0.39, 0.29) is 5.91 Å². The molecule has 6 heteroatoms. The average Bonchev–Trinajstić information content (AvgIpc) is 2.99. The number of para-hydroxylation sites is 1. The summed E-state index contributed by atoms with van der Waals surface area (Å²) in [6.07, 6.45) is 3.80. The van der Waals surface area contributed by atoms with E-state index in [0.29, 0.717) is 12.1 Å². The molecule has 0 aliphatic carbocycles. The van der Waals surface area contributed by atoms with E-state index in [1.54, 1.807) is 6.33 Å². The van der Waals surface area contributed by atoms with Gasteiger partial charge in [0.1, 0.15) is 6.33 Å². The summed E-state index contributed by atoms with van der Waals surface area (Å²) in [5.41, 5.74) is 2.89. The second kappa shape index (κ2) is 5.95. The molecule has 0 fully saturated rings. The van der Waals surface area contributed by atoms with E-state index < -0.39 is 0 Å². The molecule has 0 unspecified atom stereocenters. The molecule has 1 aromatic heterocycles. The number of amides is 1. The number of rotatable bonds is 4. The molecule has 0 bridgehead atoms. The van der Waals surface area contributed by atoms with E-state index in [4.69, 9.17) is 0 Å². The third-order valence-corrected chi connectivity index (χ3v) is 3.76. The Hall–Kier alpha value is -2.37. The van der Waals surface area contributed by atoms with Crippen LogP contribution in [0.5, 0.6) is 0 Å². The van der Waals surface area contributed by atoms with Gasteiger partial charge in [-0.1, -0.05) is 12.1 Å². The molecule has 2 heterocycles. The van der Waals surface area contributed by atoms with Gasteiger partial charge >= 0.3 is 0 Å². The summed E-state index contributed by atoms with van der Waals surface area (Å²) >= 11 is 0. The summed E-state index contributed by atoms with van der Waals surface area (Å²) in [7, 11) is 0. The van der Waals surface area contributed by atoms with Crippen LogP contribution in [0.25, 0.3) is 0 Å². The number of carbonyl (C=O) groups is 1. The zero-order valence-corrected chi connectivity index (χ0v) is 12.1. The minimum atomic E-state index is -0.0769. The summed E-state index contributed by atoms with van der Waals surface area (Å²) in [6, 6.07) is 5.87. The molecule has 0 atom stereocenters. The van der Waals surface area contributed by atoms with E-state index in [0.717, 1.165) is 37.4 Å². The van der Waals surface area contributed by atoms with E-state index in [1.807, 2.05) is 23.6 Å². The second-order valence-electron chi connectivity index (χ2n) is 5.09. The Balaban J connectivity index is 1.74. The van der Waals surface area contributed by atoms with Crippen molar-refractivity contribution in [1.82, 2.24) is 20.1 Å². The highest BCUT2D eigenvalue weighted by atomic mass is 16.1. The number of fused-ring (bicyclic) bond motifs is 1. The first-order chi connectivity index (χ1) is 10.3. The number of benzene rings is 1. The molecule has 1 aliphatic heterocycles. The van der Waals surface area contributed by atoms with E-state index in [2.05, 4.69) is 26.9 Å². The van der Waals surface area contributed by atoms with Crippen LogP contribution in [-0.4, -0.2) is 27.2 Å². The lowest BCUT2D eigenvalue weighted by atomic mass is 9.99. The zero-order valence-electron chi connectivity index (χ0n) is 12.1. The van der Waals surface area contributed by atoms with Gasteiger partial charge in [0.2, 0.25) is 0 Å². The molecular formula is C15H19N5O. The number of carbonyl (C=O) groups excluding carboxylic acids is 1. The number of aromatic nitrogens is 3. The third-order valence-electron chi connectivity index (χ3n) is 3.76. The Morgan fingerprint density at radius 3 is 3.24 bits per heavy atom. The van der Waals surface area contributed by atoms with Gasteiger partial charge in [0.05, 0.1) is 17.8 Å². The molecule has 2 N–H and O–H groups in total. The monoisotopic (exact) mass is 285 g/mol. The molecule has 3 rings (SSSR count). The number of anilines is 1. The van der Waals surface area contributed by atoms with Gasteiger partial charge in [-0.15, -0.1) is 10.2 Å². The number of nitrogens with one attached hydrogen (secondary N) is 2. The lowest BCUT2D eigenvalue weighted by molar-refractivity contribution is 0.0950. The Labute approximate surface area is 123 Å². The highest BCUT2D eigenvalue weighted by molar-refractivity contribution is 6.00. The molecule has 1 amide bonds. The maximum absolute atomic E-state index is 12.4. The molecule has 6 nitrogen and oxygen atoms in total. The number of aryl methyl sites for hydroxylation is 2. The first kappa shape index (κ1) is 13.6. The first-order valence-corrected chi connectivity index (χ1v) is 7.30. The molecule has 110 valence electrons. The summed E-state index contributed by atoms with van der Waals surface area (Å²) in [5, 5.41) is 14.1. The molecule has 0 spiro atoms. The summed E-state index contributed by atoms with van der Waals surface area (Å²) in [4.78, 5) is 12.4. The highest BCUT2D eigenvalue weighted by Gasteiger charge is 2.17.